The minimum atomic E-state index is -0.816. The molecule has 0 atom stereocenters. The summed E-state index contributed by atoms with van der Waals surface area (Å²) in [6.45, 7) is 0. The van der Waals surface area contributed by atoms with Crippen molar-refractivity contribution in [3.8, 4) is 22.3 Å². The first-order valence-corrected chi connectivity index (χ1v) is 7.25. The van der Waals surface area contributed by atoms with E-state index in [1.54, 1.807) is 0 Å². The van der Waals surface area contributed by atoms with Crippen LogP contribution in [-0.2, 0) is 0 Å². The fourth-order valence-electron chi connectivity index (χ4n) is 2.50. The van der Waals surface area contributed by atoms with Gasteiger partial charge in [0, 0.05) is 21.8 Å². The first kappa shape index (κ1) is 5.34. The number of nitrogens with one attached hydrogen (secondary N) is 1. The van der Waals surface area contributed by atoms with Gasteiger partial charge in [0.05, 0.1) is 21.9 Å². The van der Waals surface area contributed by atoms with E-state index in [9.17, 15) is 0 Å². The van der Waals surface area contributed by atoms with Crippen molar-refractivity contribution in [2.45, 2.75) is 0 Å². The Morgan fingerprint density at radius 3 is 2.00 bits per heavy atom. The molecule has 1 heterocycles. The molecule has 5 aromatic rings. The zero-order valence-electron chi connectivity index (χ0n) is 28.5. The van der Waals surface area contributed by atoms with Crippen LogP contribution < -0.4 is 0 Å². The quantitative estimate of drug-likeness (QED) is 0.371. The zero-order chi connectivity index (χ0) is 30.6. The van der Waals surface area contributed by atoms with Crippen LogP contribution in [-0.4, -0.2) is 4.98 Å². The van der Waals surface area contributed by atoms with E-state index in [1.165, 1.54) is 0 Å². The van der Waals surface area contributed by atoms with E-state index in [0.29, 0.717) is 0 Å². The second-order valence-electron chi connectivity index (χ2n) is 5.12. The fraction of sp³-hybridized carbons (Fsp3) is 0. The summed E-state index contributed by atoms with van der Waals surface area (Å²) in [5.74, 6) is 0. The highest BCUT2D eigenvalue weighted by Crippen LogP contribution is 2.31. The van der Waals surface area contributed by atoms with Gasteiger partial charge in [-0.25, -0.2) is 0 Å². The summed E-state index contributed by atoms with van der Waals surface area (Å²) in [5, 5.41) is -0.342. The van der Waals surface area contributed by atoms with Crippen LogP contribution in [0.2, 0.25) is 0 Å². The average Bonchev–Trinajstić information content (AvgIpc) is 3.35. The highest BCUT2D eigenvalue weighted by molar-refractivity contribution is 6.08. The Morgan fingerprint density at radius 1 is 0.480 bits per heavy atom. The molecule has 4 aromatic carbocycles. The Bertz CT molecular complexity index is 1980. The van der Waals surface area contributed by atoms with Gasteiger partial charge in [0.1, 0.15) is 0 Å². The Balaban J connectivity index is 2.01. The molecule has 0 fully saturated rings. The molecule has 0 spiro atoms. The summed E-state index contributed by atoms with van der Waals surface area (Å²) in [4.78, 5) is 2.70. The molecule has 118 valence electrons. The molecule has 0 aliphatic rings. The number of hydrogen-bond acceptors (Lipinski definition) is 0. The number of benzene rings is 4. The van der Waals surface area contributed by atoms with Gasteiger partial charge in [0.2, 0.25) is 0 Å². The van der Waals surface area contributed by atoms with Crippen LogP contribution in [0, 0.1) is 0 Å². The Labute approximate surface area is 169 Å². The third-order valence-corrected chi connectivity index (χ3v) is 3.62. The minimum Gasteiger partial charge on any atom is -0.355 e. The number of para-hydroxylation sites is 1. The van der Waals surface area contributed by atoms with Crippen LogP contribution in [0.5, 0.6) is 0 Å². The van der Waals surface area contributed by atoms with Gasteiger partial charge in [-0.1, -0.05) is 72.5 Å². The van der Waals surface area contributed by atoms with E-state index in [2.05, 4.69) is 4.98 Å². The maximum atomic E-state index is 8.97. The Kier molecular flexibility index (Phi) is 1.20. The standard InChI is InChI=1S/C24H17N/c1-2-7-17(8-3-1)18-9-6-10-19(15-18)20-13-14-24-22(16-20)21-11-4-5-12-23(21)25-24/h1-16,25H/i1D,2D,3D,4D,5D,6D,7D,8D,9D,10D,11D,12D,13D,14D,15D,16D. The molecule has 0 radical (unpaired) electrons. The first-order chi connectivity index (χ1) is 19.1. The van der Waals surface area contributed by atoms with E-state index in [0.717, 1.165) is 0 Å². The molecule has 25 heavy (non-hydrogen) atoms. The van der Waals surface area contributed by atoms with Crippen LogP contribution in [0.3, 0.4) is 0 Å². The van der Waals surface area contributed by atoms with Gasteiger partial charge in [-0.15, -0.1) is 0 Å². The molecule has 0 saturated carbocycles. The maximum Gasteiger partial charge on any atom is 0.0645 e. The number of H-pyrrole nitrogens is 1. The molecule has 0 aliphatic heterocycles. The Hall–Kier alpha value is -3.32. The van der Waals surface area contributed by atoms with Gasteiger partial charge in [-0.05, 0) is 46.4 Å². The van der Waals surface area contributed by atoms with Crippen LogP contribution >= 0.6 is 0 Å². The van der Waals surface area contributed by atoms with Crippen molar-refractivity contribution in [1.29, 1.82) is 0 Å². The summed E-state index contributed by atoms with van der Waals surface area (Å²) < 4.78 is 134. The molecule has 0 amide bonds. The van der Waals surface area contributed by atoms with E-state index < -0.39 is 119 Å². The molecule has 1 heteroatoms. The predicted octanol–water partition coefficient (Wildman–Crippen LogP) is 6.66. The summed E-state index contributed by atoms with van der Waals surface area (Å²) in [6.07, 6.45) is 0. The van der Waals surface area contributed by atoms with E-state index >= 15 is 0 Å². The van der Waals surface area contributed by atoms with Crippen LogP contribution in [0.4, 0.5) is 0 Å². The average molecular weight is 336 g/mol. The Morgan fingerprint density at radius 2 is 1.12 bits per heavy atom. The summed E-state index contributed by atoms with van der Waals surface area (Å²) in [7, 11) is 0. The van der Waals surface area contributed by atoms with E-state index in [4.69, 9.17) is 21.9 Å². The second kappa shape index (κ2) is 5.64. The molecule has 1 nitrogen and oxygen atoms in total. The highest BCUT2D eigenvalue weighted by atomic mass is 14.7. The lowest BCUT2D eigenvalue weighted by Gasteiger charge is -2.06. The fourth-order valence-corrected chi connectivity index (χ4v) is 2.50. The van der Waals surface area contributed by atoms with Crippen molar-refractivity contribution in [2.75, 3.05) is 0 Å². The summed E-state index contributed by atoms with van der Waals surface area (Å²) >= 11 is 0. The topological polar surface area (TPSA) is 15.8 Å². The number of aromatic amines is 1. The van der Waals surface area contributed by atoms with E-state index in [-0.39, 0.29) is 21.8 Å². The zero-order valence-corrected chi connectivity index (χ0v) is 12.5. The summed E-state index contributed by atoms with van der Waals surface area (Å²) in [5.41, 5.74) is -2.54. The van der Waals surface area contributed by atoms with Crippen molar-refractivity contribution >= 4 is 21.8 Å². The molecule has 0 unspecified atom stereocenters. The lowest BCUT2D eigenvalue weighted by atomic mass is 9.98. The normalized spacial score (nSPS) is 20.2. The smallest absolute Gasteiger partial charge is 0.0645 e. The van der Waals surface area contributed by atoms with Gasteiger partial charge >= 0.3 is 0 Å². The third-order valence-electron chi connectivity index (χ3n) is 3.62. The number of hydrogen-bond donors (Lipinski definition) is 1. The molecule has 5 rings (SSSR count). The number of aromatic nitrogens is 1. The van der Waals surface area contributed by atoms with Crippen LogP contribution in [0.25, 0.3) is 44.1 Å². The van der Waals surface area contributed by atoms with E-state index in [1.807, 2.05) is 0 Å². The van der Waals surface area contributed by atoms with Gasteiger partial charge < -0.3 is 4.98 Å². The molecule has 0 bridgehead atoms. The monoisotopic (exact) mass is 335 g/mol. The van der Waals surface area contributed by atoms with Gasteiger partial charge in [-0.3, -0.25) is 0 Å². The molecule has 0 aliphatic carbocycles. The minimum absolute atomic E-state index is 0.121. The molecular weight excluding hydrogens is 302 g/mol. The van der Waals surface area contributed by atoms with Gasteiger partial charge in [-0.2, -0.15) is 0 Å². The van der Waals surface area contributed by atoms with Crippen molar-refractivity contribution in [2.24, 2.45) is 0 Å². The maximum absolute atomic E-state index is 8.97. The van der Waals surface area contributed by atoms with Crippen LogP contribution in [0.1, 0.15) is 21.9 Å². The summed E-state index contributed by atoms with van der Waals surface area (Å²) in [6, 6.07) is -10.9. The third kappa shape index (κ3) is 2.41. The largest absolute Gasteiger partial charge is 0.355 e. The predicted molar refractivity (Wildman–Crippen MR) is 107 cm³/mol. The molecule has 0 saturated heterocycles. The van der Waals surface area contributed by atoms with Crippen molar-refractivity contribution in [1.82, 2.24) is 4.98 Å². The lowest BCUT2D eigenvalue weighted by molar-refractivity contribution is 1.54. The first-order valence-electron chi connectivity index (χ1n) is 15.2. The van der Waals surface area contributed by atoms with Gasteiger partial charge in [0.25, 0.3) is 0 Å². The molecule has 1 N–H and O–H groups in total. The lowest BCUT2D eigenvalue weighted by Crippen LogP contribution is -1.81. The number of fused-ring (bicyclic) bond motifs is 3. The number of rotatable bonds is 2. The highest BCUT2D eigenvalue weighted by Gasteiger charge is 2.06. The molecule has 1 aromatic heterocycles. The van der Waals surface area contributed by atoms with Crippen LogP contribution in [0.15, 0.2) is 96.7 Å². The van der Waals surface area contributed by atoms with Crippen molar-refractivity contribution in [3.63, 3.8) is 0 Å². The van der Waals surface area contributed by atoms with Crippen molar-refractivity contribution < 1.29 is 21.9 Å². The van der Waals surface area contributed by atoms with Crippen molar-refractivity contribution in [3.05, 3.63) is 96.7 Å². The second-order valence-corrected chi connectivity index (χ2v) is 5.12. The van der Waals surface area contributed by atoms with Gasteiger partial charge in [0.15, 0.2) is 0 Å². The molecular formula is C24H17N. The SMILES string of the molecule is [2H]c1c([2H])c([2H])c(-c2c([2H])c([2H])c([2H])c(-c3c([2H])c([2H])c4[nH]c5c([2H])c([2H])c([2H])c([2H])c5c4c3[2H])c2[2H])c([2H])c1[2H].